The second-order valence-corrected chi connectivity index (χ2v) is 6.73. The quantitative estimate of drug-likeness (QED) is 0.858. The van der Waals surface area contributed by atoms with Gasteiger partial charge in [0.05, 0.1) is 6.04 Å². The topological polar surface area (TPSA) is 27.3 Å². The molecule has 1 aromatic heterocycles. The highest BCUT2D eigenvalue weighted by molar-refractivity contribution is 7.10. The summed E-state index contributed by atoms with van der Waals surface area (Å²) in [6, 6.07) is 11.4. The van der Waals surface area contributed by atoms with Crippen molar-refractivity contribution < 1.29 is 0 Å². The smallest absolute Gasteiger partial charge is 0.0561 e. The lowest BCUT2D eigenvalue weighted by molar-refractivity contribution is 0.292. The minimum absolute atomic E-state index is 0.440. The number of likely N-dealkylation sites (N-methyl/N-ethyl adjacent to an activating group) is 1. The van der Waals surface area contributed by atoms with Crippen LogP contribution in [0.1, 0.15) is 22.0 Å². The molecule has 1 aromatic carbocycles. The van der Waals surface area contributed by atoms with Crippen molar-refractivity contribution in [1.82, 2.24) is 10.2 Å². The Morgan fingerprint density at radius 2 is 2.19 bits per heavy atom. The van der Waals surface area contributed by atoms with Crippen LogP contribution in [0.2, 0.25) is 0 Å². The van der Waals surface area contributed by atoms with E-state index in [0.29, 0.717) is 6.04 Å². The number of rotatable bonds is 6. The number of nitrogens with one attached hydrogen (secondary N) is 2. The Hall–Kier alpha value is -1.36. The van der Waals surface area contributed by atoms with E-state index >= 15 is 0 Å². The number of benzene rings is 1. The van der Waals surface area contributed by atoms with Crippen molar-refractivity contribution in [2.45, 2.75) is 19.0 Å². The standard InChI is InChI=1S/C17H23N3S/c1-20(2)15(16-7-4-10-21-16)12-18-11-14-6-3-5-13-8-9-19-17(13)14/h3-7,10,15,18-19H,8-9,11-12H2,1-2H3. The fraction of sp³-hybridized carbons (Fsp3) is 0.412. The lowest BCUT2D eigenvalue weighted by atomic mass is 10.1. The van der Waals surface area contributed by atoms with Crippen LogP contribution in [-0.2, 0) is 13.0 Å². The molecule has 0 saturated carbocycles. The van der Waals surface area contributed by atoms with Gasteiger partial charge in [0.15, 0.2) is 0 Å². The normalized spacial score (nSPS) is 15.0. The van der Waals surface area contributed by atoms with E-state index in [2.05, 4.69) is 65.3 Å². The van der Waals surface area contributed by atoms with Gasteiger partial charge in [-0.2, -0.15) is 0 Å². The van der Waals surface area contributed by atoms with E-state index in [-0.39, 0.29) is 0 Å². The van der Waals surface area contributed by atoms with Gasteiger partial charge in [0.1, 0.15) is 0 Å². The fourth-order valence-corrected chi connectivity index (χ4v) is 3.84. The molecule has 1 aliphatic rings. The van der Waals surface area contributed by atoms with Crippen molar-refractivity contribution in [2.75, 3.05) is 32.5 Å². The molecule has 1 atom stereocenters. The molecule has 21 heavy (non-hydrogen) atoms. The van der Waals surface area contributed by atoms with E-state index < -0.39 is 0 Å². The molecule has 0 saturated heterocycles. The molecule has 1 unspecified atom stereocenters. The molecule has 1 aliphatic heterocycles. The van der Waals surface area contributed by atoms with E-state index in [1.165, 1.54) is 21.7 Å². The van der Waals surface area contributed by atoms with Gasteiger partial charge in [0, 0.05) is 30.2 Å². The molecule has 0 amide bonds. The van der Waals surface area contributed by atoms with Gasteiger partial charge < -0.3 is 15.5 Å². The fourth-order valence-electron chi connectivity index (χ4n) is 2.92. The Balaban J connectivity index is 1.62. The molecular formula is C17H23N3S. The molecule has 4 heteroatoms. The highest BCUT2D eigenvalue weighted by atomic mass is 32.1. The van der Waals surface area contributed by atoms with Crippen LogP contribution >= 0.6 is 11.3 Å². The first-order valence-corrected chi connectivity index (χ1v) is 8.39. The van der Waals surface area contributed by atoms with Crippen molar-refractivity contribution in [3.8, 4) is 0 Å². The third-order valence-corrected chi connectivity index (χ3v) is 5.05. The SMILES string of the molecule is CN(C)C(CNCc1cccc2c1NCC2)c1cccs1. The third kappa shape index (κ3) is 3.28. The second-order valence-electron chi connectivity index (χ2n) is 5.75. The van der Waals surface area contributed by atoms with Crippen LogP contribution in [0.3, 0.4) is 0 Å². The molecule has 112 valence electrons. The van der Waals surface area contributed by atoms with E-state index in [9.17, 15) is 0 Å². The Morgan fingerprint density at radius 3 is 2.95 bits per heavy atom. The molecule has 0 spiro atoms. The van der Waals surface area contributed by atoms with Crippen LogP contribution in [0, 0.1) is 0 Å². The van der Waals surface area contributed by atoms with E-state index in [1.54, 1.807) is 0 Å². The first-order valence-electron chi connectivity index (χ1n) is 7.51. The zero-order valence-corrected chi connectivity index (χ0v) is 13.5. The lowest BCUT2D eigenvalue weighted by Gasteiger charge is -2.24. The van der Waals surface area contributed by atoms with Gasteiger partial charge in [0.2, 0.25) is 0 Å². The predicted octanol–water partition coefficient (Wildman–Crippen LogP) is 3.11. The van der Waals surface area contributed by atoms with Crippen molar-refractivity contribution in [1.29, 1.82) is 0 Å². The van der Waals surface area contributed by atoms with Crippen molar-refractivity contribution in [2.24, 2.45) is 0 Å². The maximum Gasteiger partial charge on any atom is 0.0561 e. The lowest BCUT2D eigenvalue weighted by Crippen LogP contribution is -2.30. The number of anilines is 1. The Bertz CT molecular complexity index is 578. The maximum atomic E-state index is 3.63. The summed E-state index contributed by atoms with van der Waals surface area (Å²) in [6.07, 6.45) is 1.15. The number of nitrogens with zero attached hydrogens (tertiary/aromatic N) is 1. The number of hydrogen-bond acceptors (Lipinski definition) is 4. The van der Waals surface area contributed by atoms with Crippen LogP contribution in [-0.4, -0.2) is 32.1 Å². The van der Waals surface area contributed by atoms with E-state index in [4.69, 9.17) is 0 Å². The van der Waals surface area contributed by atoms with Gasteiger partial charge in [-0.3, -0.25) is 0 Å². The van der Waals surface area contributed by atoms with Crippen molar-refractivity contribution >= 4 is 17.0 Å². The summed E-state index contributed by atoms with van der Waals surface area (Å²) >= 11 is 1.83. The third-order valence-electron chi connectivity index (χ3n) is 4.08. The molecule has 2 aromatic rings. The molecule has 0 fully saturated rings. The minimum Gasteiger partial charge on any atom is -0.384 e. The number of thiophene rings is 1. The van der Waals surface area contributed by atoms with Crippen LogP contribution in [0.15, 0.2) is 35.7 Å². The average molecular weight is 301 g/mol. The summed E-state index contributed by atoms with van der Waals surface area (Å²) < 4.78 is 0. The first-order chi connectivity index (χ1) is 10.3. The van der Waals surface area contributed by atoms with Gasteiger partial charge >= 0.3 is 0 Å². The van der Waals surface area contributed by atoms with Crippen LogP contribution in [0.25, 0.3) is 0 Å². The Labute approximate surface area is 131 Å². The molecule has 0 radical (unpaired) electrons. The molecule has 2 heterocycles. The zero-order chi connectivity index (χ0) is 14.7. The highest BCUT2D eigenvalue weighted by Gasteiger charge is 2.16. The van der Waals surface area contributed by atoms with E-state index in [1.807, 2.05) is 11.3 Å². The second kappa shape index (κ2) is 6.60. The van der Waals surface area contributed by atoms with E-state index in [0.717, 1.165) is 26.1 Å². The summed E-state index contributed by atoms with van der Waals surface area (Å²) in [5.41, 5.74) is 4.19. The molecule has 0 aliphatic carbocycles. The summed E-state index contributed by atoms with van der Waals surface area (Å²) in [5.74, 6) is 0. The maximum absolute atomic E-state index is 3.63. The van der Waals surface area contributed by atoms with Gasteiger partial charge in [-0.15, -0.1) is 11.3 Å². The Morgan fingerprint density at radius 1 is 1.29 bits per heavy atom. The molecule has 0 bridgehead atoms. The number of fused-ring (bicyclic) bond motifs is 1. The molecular weight excluding hydrogens is 278 g/mol. The summed E-state index contributed by atoms with van der Waals surface area (Å²) in [6.45, 7) is 2.96. The monoisotopic (exact) mass is 301 g/mol. The summed E-state index contributed by atoms with van der Waals surface area (Å²) in [4.78, 5) is 3.70. The van der Waals surface area contributed by atoms with Crippen LogP contribution in [0.4, 0.5) is 5.69 Å². The molecule has 3 nitrogen and oxygen atoms in total. The number of para-hydroxylation sites is 1. The zero-order valence-electron chi connectivity index (χ0n) is 12.7. The van der Waals surface area contributed by atoms with Crippen LogP contribution < -0.4 is 10.6 Å². The first kappa shape index (κ1) is 14.6. The molecule has 2 N–H and O–H groups in total. The van der Waals surface area contributed by atoms with Gasteiger partial charge in [-0.05, 0) is 43.1 Å². The largest absolute Gasteiger partial charge is 0.384 e. The van der Waals surface area contributed by atoms with Gasteiger partial charge in [0.25, 0.3) is 0 Å². The Kier molecular flexibility index (Phi) is 4.58. The predicted molar refractivity (Wildman–Crippen MR) is 91.1 cm³/mol. The van der Waals surface area contributed by atoms with Gasteiger partial charge in [-0.25, -0.2) is 0 Å². The minimum atomic E-state index is 0.440. The number of hydrogen-bond donors (Lipinski definition) is 2. The van der Waals surface area contributed by atoms with Crippen LogP contribution in [0.5, 0.6) is 0 Å². The summed E-state index contributed by atoms with van der Waals surface area (Å²) in [7, 11) is 4.29. The average Bonchev–Trinajstić information content (AvgIpc) is 3.14. The summed E-state index contributed by atoms with van der Waals surface area (Å²) in [5, 5.41) is 9.29. The van der Waals surface area contributed by atoms with Gasteiger partial charge in [-0.1, -0.05) is 24.3 Å². The van der Waals surface area contributed by atoms with Crippen molar-refractivity contribution in [3.63, 3.8) is 0 Å². The van der Waals surface area contributed by atoms with Crippen molar-refractivity contribution in [3.05, 3.63) is 51.7 Å². The molecule has 3 rings (SSSR count). The highest BCUT2D eigenvalue weighted by Crippen LogP contribution is 2.27.